The SMILES string of the molecule is C[C@@H](NCc1ccccc1)c1ccccc1Cl. The molecule has 2 aromatic rings. The topological polar surface area (TPSA) is 12.0 Å². The van der Waals surface area contributed by atoms with Crippen LogP contribution in [0.5, 0.6) is 0 Å². The van der Waals surface area contributed by atoms with Gasteiger partial charge in [0.05, 0.1) is 0 Å². The van der Waals surface area contributed by atoms with Crippen LogP contribution < -0.4 is 5.32 Å². The second-order valence-corrected chi connectivity index (χ2v) is 4.52. The molecule has 0 aliphatic heterocycles. The van der Waals surface area contributed by atoms with Crippen LogP contribution in [-0.4, -0.2) is 0 Å². The van der Waals surface area contributed by atoms with E-state index in [4.69, 9.17) is 11.6 Å². The Bertz CT molecular complexity index is 467. The third-order valence-electron chi connectivity index (χ3n) is 2.83. The van der Waals surface area contributed by atoms with Gasteiger partial charge in [-0.2, -0.15) is 0 Å². The molecule has 0 saturated heterocycles. The summed E-state index contributed by atoms with van der Waals surface area (Å²) in [7, 11) is 0. The zero-order chi connectivity index (χ0) is 12.1. The lowest BCUT2D eigenvalue weighted by molar-refractivity contribution is 0.575. The molecular formula is C15H16ClN. The minimum atomic E-state index is 0.254. The molecule has 2 heteroatoms. The van der Waals surface area contributed by atoms with Crippen molar-refractivity contribution in [3.63, 3.8) is 0 Å². The molecule has 1 atom stereocenters. The van der Waals surface area contributed by atoms with Crippen LogP contribution in [0.25, 0.3) is 0 Å². The lowest BCUT2D eigenvalue weighted by Gasteiger charge is -2.15. The molecule has 0 bridgehead atoms. The van der Waals surface area contributed by atoms with E-state index < -0.39 is 0 Å². The highest BCUT2D eigenvalue weighted by molar-refractivity contribution is 6.31. The summed E-state index contributed by atoms with van der Waals surface area (Å²) in [4.78, 5) is 0. The minimum absolute atomic E-state index is 0.254. The second kappa shape index (κ2) is 5.85. The van der Waals surface area contributed by atoms with E-state index >= 15 is 0 Å². The number of nitrogens with one attached hydrogen (secondary N) is 1. The van der Waals surface area contributed by atoms with Crippen molar-refractivity contribution in [2.24, 2.45) is 0 Å². The third-order valence-corrected chi connectivity index (χ3v) is 3.17. The predicted molar refractivity (Wildman–Crippen MR) is 73.1 cm³/mol. The smallest absolute Gasteiger partial charge is 0.0453 e. The maximum absolute atomic E-state index is 6.16. The highest BCUT2D eigenvalue weighted by Gasteiger charge is 2.07. The average Bonchev–Trinajstić information content (AvgIpc) is 2.38. The van der Waals surface area contributed by atoms with E-state index in [0.717, 1.165) is 17.1 Å². The van der Waals surface area contributed by atoms with E-state index in [9.17, 15) is 0 Å². The fourth-order valence-electron chi connectivity index (χ4n) is 1.80. The van der Waals surface area contributed by atoms with Crippen LogP contribution in [0.4, 0.5) is 0 Å². The van der Waals surface area contributed by atoms with Gasteiger partial charge in [0.1, 0.15) is 0 Å². The highest BCUT2D eigenvalue weighted by Crippen LogP contribution is 2.22. The zero-order valence-electron chi connectivity index (χ0n) is 9.86. The van der Waals surface area contributed by atoms with Gasteiger partial charge in [0.25, 0.3) is 0 Å². The summed E-state index contributed by atoms with van der Waals surface area (Å²) < 4.78 is 0. The Morgan fingerprint density at radius 2 is 1.65 bits per heavy atom. The Morgan fingerprint density at radius 3 is 2.35 bits per heavy atom. The molecule has 0 aliphatic rings. The molecule has 17 heavy (non-hydrogen) atoms. The molecule has 0 fully saturated rings. The Balaban J connectivity index is 1.99. The Hall–Kier alpha value is -1.31. The van der Waals surface area contributed by atoms with E-state index in [1.807, 2.05) is 24.3 Å². The Kier molecular flexibility index (Phi) is 4.18. The largest absolute Gasteiger partial charge is 0.306 e. The van der Waals surface area contributed by atoms with Crippen LogP contribution in [-0.2, 0) is 6.54 Å². The summed E-state index contributed by atoms with van der Waals surface area (Å²) in [5, 5.41) is 4.29. The Labute approximate surface area is 107 Å². The van der Waals surface area contributed by atoms with Crippen molar-refractivity contribution in [3.05, 3.63) is 70.7 Å². The molecule has 0 aromatic heterocycles. The van der Waals surface area contributed by atoms with Gasteiger partial charge in [-0.25, -0.2) is 0 Å². The van der Waals surface area contributed by atoms with Gasteiger partial charge < -0.3 is 5.32 Å². The van der Waals surface area contributed by atoms with Crippen molar-refractivity contribution in [3.8, 4) is 0 Å². The molecule has 1 nitrogen and oxygen atoms in total. The number of hydrogen-bond donors (Lipinski definition) is 1. The van der Waals surface area contributed by atoms with Gasteiger partial charge in [-0.3, -0.25) is 0 Å². The van der Waals surface area contributed by atoms with Crippen LogP contribution in [0.1, 0.15) is 24.1 Å². The molecule has 0 heterocycles. The minimum Gasteiger partial charge on any atom is -0.306 e. The number of halogens is 1. The molecular weight excluding hydrogens is 230 g/mol. The van der Waals surface area contributed by atoms with E-state index in [0.29, 0.717) is 0 Å². The average molecular weight is 246 g/mol. The molecule has 0 radical (unpaired) electrons. The Morgan fingerprint density at radius 1 is 1.00 bits per heavy atom. The first-order valence-corrected chi connectivity index (χ1v) is 6.17. The first kappa shape index (κ1) is 12.2. The summed E-state index contributed by atoms with van der Waals surface area (Å²) in [6.07, 6.45) is 0. The molecule has 0 saturated carbocycles. The van der Waals surface area contributed by atoms with Gasteiger partial charge in [0, 0.05) is 17.6 Å². The number of hydrogen-bond acceptors (Lipinski definition) is 1. The zero-order valence-corrected chi connectivity index (χ0v) is 10.6. The maximum atomic E-state index is 6.16. The van der Waals surface area contributed by atoms with Crippen molar-refractivity contribution < 1.29 is 0 Å². The molecule has 2 rings (SSSR count). The van der Waals surface area contributed by atoms with Crippen LogP contribution in [0.3, 0.4) is 0 Å². The van der Waals surface area contributed by atoms with Gasteiger partial charge in [0.2, 0.25) is 0 Å². The van der Waals surface area contributed by atoms with E-state index in [1.54, 1.807) is 0 Å². The predicted octanol–water partition coefficient (Wildman–Crippen LogP) is 4.19. The quantitative estimate of drug-likeness (QED) is 0.852. The van der Waals surface area contributed by atoms with Crippen molar-refractivity contribution in [2.75, 3.05) is 0 Å². The van der Waals surface area contributed by atoms with Gasteiger partial charge in [-0.05, 0) is 24.1 Å². The summed E-state index contributed by atoms with van der Waals surface area (Å²) in [5.41, 5.74) is 2.43. The monoisotopic (exact) mass is 245 g/mol. The van der Waals surface area contributed by atoms with Crippen molar-refractivity contribution in [2.45, 2.75) is 19.5 Å². The number of benzene rings is 2. The summed E-state index contributed by atoms with van der Waals surface area (Å²) in [6, 6.07) is 18.6. The van der Waals surface area contributed by atoms with Crippen molar-refractivity contribution >= 4 is 11.6 Å². The van der Waals surface area contributed by atoms with Gasteiger partial charge >= 0.3 is 0 Å². The lowest BCUT2D eigenvalue weighted by Crippen LogP contribution is -2.18. The highest BCUT2D eigenvalue weighted by atomic mass is 35.5. The fourth-order valence-corrected chi connectivity index (χ4v) is 2.10. The fraction of sp³-hybridized carbons (Fsp3) is 0.200. The molecule has 0 aliphatic carbocycles. The van der Waals surface area contributed by atoms with Gasteiger partial charge in [-0.1, -0.05) is 60.1 Å². The van der Waals surface area contributed by atoms with Crippen LogP contribution >= 0.6 is 11.6 Å². The van der Waals surface area contributed by atoms with E-state index in [-0.39, 0.29) is 6.04 Å². The summed E-state index contributed by atoms with van der Waals surface area (Å²) in [5.74, 6) is 0. The first-order chi connectivity index (χ1) is 8.27. The normalized spacial score (nSPS) is 12.4. The van der Waals surface area contributed by atoms with Crippen molar-refractivity contribution in [1.29, 1.82) is 0 Å². The molecule has 2 aromatic carbocycles. The standard InChI is InChI=1S/C15H16ClN/c1-12(14-9-5-6-10-15(14)16)17-11-13-7-3-2-4-8-13/h2-10,12,17H,11H2,1H3/t12-/m1/s1. The van der Waals surface area contributed by atoms with Crippen LogP contribution in [0.2, 0.25) is 5.02 Å². The molecule has 1 N–H and O–H groups in total. The molecule has 0 unspecified atom stereocenters. The summed E-state index contributed by atoms with van der Waals surface area (Å²) in [6.45, 7) is 2.98. The van der Waals surface area contributed by atoms with E-state index in [1.165, 1.54) is 5.56 Å². The number of rotatable bonds is 4. The molecule has 88 valence electrons. The maximum Gasteiger partial charge on any atom is 0.0453 e. The van der Waals surface area contributed by atoms with Crippen LogP contribution in [0, 0.1) is 0 Å². The molecule has 0 amide bonds. The lowest BCUT2D eigenvalue weighted by atomic mass is 10.1. The van der Waals surface area contributed by atoms with Gasteiger partial charge in [0.15, 0.2) is 0 Å². The van der Waals surface area contributed by atoms with Crippen molar-refractivity contribution in [1.82, 2.24) is 5.32 Å². The first-order valence-electron chi connectivity index (χ1n) is 5.79. The second-order valence-electron chi connectivity index (χ2n) is 4.11. The van der Waals surface area contributed by atoms with E-state index in [2.05, 4.69) is 42.6 Å². The molecule has 0 spiro atoms. The summed E-state index contributed by atoms with van der Waals surface area (Å²) >= 11 is 6.16. The third kappa shape index (κ3) is 3.32. The van der Waals surface area contributed by atoms with Crippen LogP contribution in [0.15, 0.2) is 54.6 Å². The van der Waals surface area contributed by atoms with Gasteiger partial charge in [-0.15, -0.1) is 0 Å².